The lowest BCUT2D eigenvalue weighted by Crippen LogP contribution is -2.27. The number of nitrogens with zero attached hydrogens (tertiary/aromatic N) is 1. The second-order valence-corrected chi connectivity index (χ2v) is 4.11. The van der Waals surface area contributed by atoms with Gasteiger partial charge in [-0.25, -0.2) is 4.99 Å². The van der Waals surface area contributed by atoms with Crippen molar-refractivity contribution in [3.63, 3.8) is 0 Å². The number of amides is 1. The first kappa shape index (κ1) is 9.40. The molecule has 0 saturated carbocycles. The van der Waals surface area contributed by atoms with Gasteiger partial charge in [-0.3, -0.25) is 4.79 Å². The molecule has 0 saturated heterocycles. The molecule has 0 unspecified atom stereocenters. The predicted molar refractivity (Wildman–Crippen MR) is 58.8 cm³/mol. The monoisotopic (exact) mass is 252 g/mol. The Morgan fingerprint density at radius 3 is 3.07 bits per heavy atom. The van der Waals surface area contributed by atoms with E-state index in [4.69, 9.17) is 0 Å². The molecule has 1 aromatic carbocycles. The third-order valence-electron chi connectivity index (χ3n) is 1.98. The van der Waals surface area contributed by atoms with Gasteiger partial charge in [-0.2, -0.15) is 0 Å². The third kappa shape index (κ3) is 1.85. The number of hydrogen-bond donors (Lipinski definition) is 1. The number of halogens is 1. The van der Waals surface area contributed by atoms with E-state index in [-0.39, 0.29) is 5.91 Å². The summed E-state index contributed by atoms with van der Waals surface area (Å²) >= 11 is 3.40. The summed E-state index contributed by atoms with van der Waals surface area (Å²) in [6.07, 6.45) is 0.703. The van der Waals surface area contributed by atoms with Crippen LogP contribution in [0, 0.1) is 0 Å². The average Bonchev–Trinajstić information content (AvgIpc) is 2.44. The zero-order valence-corrected chi connectivity index (χ0v) is 9.26. The maximum absolute atomic E-state index is 10.8. The molecule has 1 amide bonds. The number of carbonyl (C=O) groups is 1. The Morgan fingerprint density at radius 2 is 2.36 bits per heavy atom. The van der Waals surface area contributed by atoms with Crippen molar-refractivity contribution in [3.05, 3.63) is 28.2 Å². The summed E-state index contributed by atoms with van der Waals surface area (Å²) in [6, 6.07) is 5.90. The van der Waals surface area contributed by atoms with Gasteiger partial charge in [0.05, 0.1) is 5.69 Å². The molecule has 3 nitrogen and oxygen atoms in total. The van der Waals surface area contributed by atoms with Crippen molar-refractivity contribution in [1.82, 2.24) is 5.32 Å². The largest absolute Gasteiger partial charge is 0.314 e. The van der Waals surface area contributed by atoms with Crippen LogP contribution in [0.2, 0.25) is 0 Å². The topological polar surface area (TPSA) is 41.5 Å². The Hall–Kier alpha value is -1.16. The van der Waals surface area contributed by atoms with E-state index in [1.54, 1.807) is 0 Å². The summed E-state index contributed by atoms with van der Waals surface area (Å²) in [5, 5.41) is 2.70. The molecule has 0 aliphatic carbocycles. The summed E-state index contributed by atoms with van der Waals surface area (Å²) in [4.78, 5) is 15.1. The first-order valence-electron chi connectivity index (χ1n) is 4.29. The molecule has 14 heavy (non-hydrogen) atoms. The van der Waals surface area contributed by atoms with Crippen LogP contribution in [0.3, 0.4) is 0 Å². The van der Waals surface area contributed by atoms with E-state index < -0.39 is 0 Å². The van der Waals surface area contributed by atoms with E-state index in [0.29, 0.717) is 6.42 Å². The van der Waals surface area contributed by atoms with Crippen molar-refractivity contribution in [2.75, 3.05) is 0 Å². The molecule has 0 spiro atoms. The van der Waals surface area contributed by atoms with Crippen molar-refractivity contribution in [2.45, 2.75) is 13.3 Å². The van der Waals surface area contributed by atoms with Crippen LogP contribution in [0.1, 0.15) is 12.5 Å². The van der Waals surface area contributed by atoms with Crippen molar-refractivity contribution in [1.29, 1.82) is 0 Å². The van der Waals surface area contributed by atoms with Crippen molar-refractivity contribution >= 4 is 33.4 Å². The van der Waals surface area contributed by atoms with Gasteiger partial charge in [0.25, 0.3) is 0 Å². The van der Waals surface area contributed by atoms with Gasteiger partial charge in [0, 0.05) is 17.8 Å². The Morgan fingerprint density at radius 1 is 1.57 bits per heavy atom. The Bertz CT molecular complexity index is 426. The highest BCUT2D eigenvalue weighted by Gasteiger charge is 2.14. The Balaban J connectivity index is 2.23. The third-order valence-corrected chi connectivity index (χ3v) is 2.47. The number of rotatable bonds is 0. The van der Waals surface area contributed by atoms with Crippen LogP contribution in [0.25, 0.3) is 0 Å². The number of carbonyl (C=O) groups excluding carboxylic acids is 1. The smallest absolute Gasteiger partial charge is 0.222 e. The van der Waals surface area contributed by atoms with Crippen molar-refractivity contribution < 1.29 is 4.79 Å². The highest BCUT2D eigenvalue weighted by Crippen LogP contribution is 2.28. The lowest BCUT2D eigenvalue weighted by atomic mass is 10.1. The molecule has 1 aliphatic heterocycles. The molecular formula is C10H9BrN2O. The van der Waals surface area contributed by atoms with Crippen LogP contribution in [-0.4, -0.2) is 11.7 Å². The van der Waals surface area contributed by atoms with Gasteiger partial charge in [-0.1, -0.05) is 15.9 Å². The first-order valence-corrected chi connectivity index (χ1v) is 5.08. The minimum atomic E-state index is -0.0735. The zero-order chi connectivity index (χ0) is 10.1. The van der Waals surface area contributed by atoms with E-state index in [1.165, 1.54) is 6.92 Å². The standard InChI is InChI=1S/C10H9BrN2O/c1-6(14)12-10-5-7-4-8(11)2-3-9(7)13-10/h2-4H,5H2,1H3,(H,12,13,14). The predicted octanol–water partition coefficient (Wildman–Crippen LogP) is 2.17. The average molecular weight is 253 g/mol. The fraction of sp³-hybridized carbons (Fsp3) is 0.200. The number of benzene rings is 1. The molecule has 1 N–H and O–H groups in total. The SMILES string of the molecule is CC(=O)NC1=Nc2ccc(Br)cc2C1. The van der Waals surface area contributed by atoms with E-state index in [1.807, 2.05) is 18.2 Å². The van der Waals surface area contributed by atoms with Crippen molar-refractivity contribution in [3.8, 4) is 0 Å². The molecule has 72 valence electrons. The molecule has 1 aromatic rings. The number of nitrogens with one attached hydrogen (secondary N) is 1. The molecule has 0 atom stereocenters. The number of hydrogen-bond acceptors (Lipinski definition) is 2. The van der Waals surface area contributed by atoms with Crippen LogP contribution in [0.5, 0.6) is 0 Å². The summed E-state index contributed by atoms with van der Waals surface area (Å²) in [5.74, 6) is 0.654. The zero-order valence-electron chi connectivity index (χ0n) is 7.67. The summed E-state index contributed by atoms with van der Waals surface area (Å²) in [6.45, 7) is 1.49. The maximum atomic E-state index is 10.8. The van der Waals surface area contributed by atoms with E-state index in [0.717, 1.165) is 21.6 Å². The van der Waals surface area contributed by atoms with Crippen molar-refractivity contribution in [2.24, 2.45) is 4.99 Å². The van der Waals surface area contributed by atoms with Gasteiger partial charge >= 0.3 is 0 Å². The van der Waals surface area contributed by atoms with E-state index in [9.17, 15) is 4.79 Å². The van der Waals surface area contributed by atoms with Gasteiger partial charge < -0.3 is 5.32 Å². The van der Waals surface area contributed by atoms with Gasteiger partial charge in [-0.05, 0) is 23.8 Å². The van der Waals surface area contributed by atoms with Gasteiger partial charge in [0.2, 0.25) is 5.91 Å². The molecule has 2 rings (SSSR count). The molecule has 1 heterocycles. The van der Waals surface area contributed by atoms with Gasteiger partial charge in [0.1, 0.15) is 5.84 Å². The first-order chi connectivity index (χ1) is 6.65. The van der Waals surface area contributed by atoms with E-state index >= 15 is 0 Å². The van der Waals surface area contributed by atoms with Crippen LogP contribution in [-0.2, 0) is 11.2 Å². The highest BCUT2D eigenvalue weighted by atomic mass is 79.9. The molecule has 0 bridgehead atoms. The van der Waals surface area contributed by atoms with Gasteiger partial charge in [0.15, 0.2) is 0 Å². The summed E-state index contributed by atoms with van der Waals surface area (Å²) in [7, 11) is 0. The molecular weight excluding hydrogens is 244 g/mol. The maximum Gasteiger partial charge on any atom is 0.222 e. The molecule has 0 radical (unpaired) electrons. The Kier molecular flexibility index (Phi) is 2.37. The molecule has 1 aliphatic rings. The van der Waals surface area contributed by atoms with Crippen LogP contribution >= 0.6 is 15.9 Å². The quantitative estimate of drug-likeness (QED) is 0.756. The second kappa shape index (κ2) is 3.53. The molecule has 0 aromatic heterocycles. The normalized spacial score (nSPS) is 13.4. The second-order valence-electron chi connectivity index (χ2n) is 3.19. The minimum Gasteiger partial charge on any atom is -0.314 e. The fourth-order valence-corrected chi connectivity index (χ4v) is 1.85. The summed E-state index contributed by atoms with van der Waals surface area (Å²) in [5.41, 5.74) is 2.08. The van der Waals surface area contributed by atoms with Gasteiger partial charge in [-0.15, -0.1) is 0 Å². The Labute approximate surface area is 90.4 Å². The lowest BCUT2D eigenvalue weighted by molar-refractivity contribution is -0.117. The van der Waals surface area contributed by atoms with Crippen LogP contribution < -0.4 is 5.32 Å². The number of amidine groups is 1. The molecule has 4 heteroatoms. The lowest BCUT2D eigenvalue weighted by Gasteiger charge is -1.98. The van der Waals surface area contributed by atoms with Crippen LogP contribution in [0.4, 0.5) is 5.69 Å². The number of aliphatic imine (C=N–C) groups is 1. The fourth-order valence-electron chi connectivity index (χ4n) is 1.45. The highest BCUT2D eigenvalue weighted by molar-refractivity contribution is 9.10. The summed E-state index contributed by atoms with van der Waals surface area (Å²) < 4.78 is 1.04. The number of fused-ring (bicyclic) bond motifs is 1. The van der Waals surface area contributed by atoms with E-state index in [2.05, 4.69) is 26.2 Å². The van der Waals surface area contributed by atoms with Crippen LogP contribution in [0.15, 0.2) is 27.7 Å². The minimum absolute atomic E-state index is 0.0735. The molecule has 0 fully saturated rings.